The number of hydrogen-bond acceptors (Lipinski definition) is 6. The zero-order valence-electron chi connectivity index (χ0n) is 9.62. The summed E-state index contributed by atoms with van der Waals surface area (Å²) in [5.41, 5.74) is 5.50. The minimum Gasteiger partial charge on any atom is -0.326 e. The van der Waals surface area contributed by atoms with Crippen LogP contribution in [0.25, 0.3) is 0 Å². The van der Waals surface area contributed by atoms with Gasteiger partial charge in [-0.1, -0.05) is 0 Å². The smallest absolute Gasteiger partial charge is 0.264 e. The first-order chi connectivity index (χ1) is 8.53. The van der Waals surface area contributed by atoms with Crippen molar-refractivity contribution in [2.24, 2.45) is 5.73 Å². The Morgan fingerprint density at radius 1 is 1.50 bits per heavy atom. The van der Waals surface area contributed by atoms with Crippen molar-refractivity contribution in [1.82, 2.24) is 10.2 Å². The first kappa shape index (κ1) is 12.9. The first-order valence-corrected chi connectivity index (χ1v) is 7.43. The molecular formula is C10H12N4O2S2. The topological polar surface area (TPSA) is 98.0 Å². The number of rotatable bonds is 4. The molecule has 0 atom stereocenters. The van der Waals surface area contributed by atoms with Gasteiger partial charge in [0.2, 0.25) is 0 Å². The van der Waals surface area contributed by atoms with Crippen molar-refractivity contribution in [3.63, 3.8) is 0 Å². The highest BCUT2D eigenvalue weighted by Crippen LogP contribution is 2.26. The lowest BCUT2D eigenvalue weighted by atomic mass is 10.4. The molecule has 2 heterocycles. The number of aromatic nitrogens is 2. The van der Waals surface area contributed by atoms with Crippen molar-refractivity contribution in [3.8, 4) is 0 Å². The molecule has 0 saturated heterocycles. The Balaban J connectivity index is 2.34. The van der Waals surface area contributed by atoms with E-state index >= 15 is 0 Å². The van der Waals surface area contributed by atoms with Crippen LogP contribution in [0.1, 0.15) is 9.75 Å². The van der Waals surface area contributed by atoms with E-state index in [-0.39, 0.29) is 10.7 Å². The van der Waals surface area contributed by atoms with Gasteiger partial charge >= 0.3 is 0 Å². The molecule has 0 bridgehead atoms. The van der Waals surface area contributed by atoms with E-state index in [0.717, 1.165) is 4.88 Å². The lowest BCUT2D eigenvalue weighted by Gasteiger charge is -2.05. The number of hydrogen-bond donors (Lipinski definition) is 2. The fourth-order valence-electron chi connectivity index (χ4n) is 1.44. The Labute approximate surface area is 109 Å². The summed E-state index contributed by atoms with van der Waals surface area (Å²) >= 11 is 1.37. The van der Waals surface area contributed by atoms with E-state index in [4.69, 9.17) is 5.73 Å². The van der Waals surface area contributed by atoms with Crippen molar-refractivity contribution in [2.75, 3.05) is 4.72 Å². The monoisotopic (exact) mass is 284 g/mol. The molecule has 6 nitrogen and oxygen atoms in total. The molecule has 96 valence electrons. The Morgan fingerprint density at radius 2 is 2.28 bits per heavy atom. The summed E-state index contributed by atoms with van der Waals surface area (Å²) in [5, 5.41) is 7.30. The standard InChI is InChI=1S/C10H12N4O2S2/c1-7-9(5-8(6-11)17-7)18(15,16)14-10-3-2-4-12-13-10/h2-5H,6,11H2,1H3,(H,13,14). The number of thiophene rings is 1. The molecule has 0 amide bonds. The van der Waals surface area contributed by atoms with Crippen LogP contribution < -0.4 is 10.5 Å². The minimum absolute atomic E-state index is 0.192. The predicted octanol–water partition coefficient (Wildman–Crippen LogP) is 1.11. The van der Waals surface area contributed by atoms with Gasteiger partial charge in [-0.25, -0.2) is 8.42 Å². The molecule has 8 heteroatoms. The van der Waals surface area contributed by atoms with Gasteiger partial charge in [0, 0.05) is 22.5 Å². The molecule has 0 aliphatic carbocycles. The van der Waals surface area contributed by atoms with Crippen LogP contribution in [0.15, 0.2) is 29.3 Å². The SMILES string of the molecule is Cc1sc(CN)cc1S(=O)(=O)Nc1cccnn1. The summed E-state index contributed by atoms with van der Waals surface area (Å²) in [6.45, 7) is 2.07. The molecule has 0 unspecified atom stereocenters. The third-order valence-corrected chi connectivity index (χ3v) is 4.91. The van der Waals surface area contributed by atoms with E-state index in [2.05, 4.69) is 14.9 Å². The van der Waals surface area contributed by atoms with Gasteiger partial charge in [0.15, 0.2) is 5.82 Å². The normalized spacial score (nSPS) is 11.4. The number of anilines is 1. The summed E-state index contributed by atoms with van der Waals surface area (Å²) in [7, 11) is -3.63. The van der Waals surface area contributed by atoms with Crippen LogP contribution in [0.2, 0.25) is 0 Å². The van der Waals surface area contributed by atoms with Gasteiger partial charge in [-0.05, 0) is 25.1 Å². The molecule has 0 aliphatic rings. The quantitative estimate of drug-likeness (QED) is 0.876. The summed E-state index contributed by atoms with van der Waals surface area (Å²) in [6, 6.07) is 4.73. The maximum absolute atomic E-state index is 12.1. The molecule has 2 rings (SSSR count). The van der Waals surface area contributed by atoms with Crippen LogP contribution in [-0.2, 0) is 16.6 Å². The summed E-state index contributed by atoms with van der Waals surface area (Å²) in [5.74, 6) is 0.192. The summed E-state index contributed by atoms with van der Waals surface area (Å²) in [4.78, 5) is 1.76. The average molecular weight is 284 g/mol. The van der Waals surface area contributed by atoms with E-state index in [1.54, 1.807) is 19.1 Å². The Morgan fingerprint density at radius 3 is 2.83 bits per heavy atom. The summed E-state index contributed by atoms with van der Waals surface area (Å²) in [6.07, 6.45) is 1.47. The molecular weight excluding hydrogens is 272 g/mol. The van der Waals surface area contributed by atoms with Crippen molar-refractivity contribution < 1.29 is 8.42 Å². The van der Waals surface area contributed by atoms with Gasteiger partial charge in [0.05, 0.1) is 0 Å². The van der Waals surface area contributed by atoms with Crippen molar-refractivity contribution in [2.45, 2.75) is 18.4 Å². The Hall–Kier alpha value is -1.51. The zero-order chi connectivity index (χ0) is 13.2. The van der Waals surface area contributed by atoms with Gasteiger partial charge in [-0.2, -0.15) is 5.10 Å². The van der Waals surface area contributed by atoms with Gasteiger partial charge in [-0.3, -0.25) is 4.72 Å². The average Bonchev–Trinajstić information content (AvgIpc) is 2.72. The highest BCUT2D eigenvalue weighted by Gasteiger charge is 2.20. The van der Waals surface area contributed by atoms with Crippen LogP contribution in [-0.4, -0.2) is 18.6 Å². The van der Waals surface area contributed by atoms with E-state index < -0.39 is 10.0 Å². The largest absolute Gasteiger partial charge is 0.326 e. The molecule has 0 aliphatic heterocycles. The lowest BCUT2D eigenvalue weighted by Crippen LogP contribution is -2.14. The third kappa shape index (κ3) is 2.66. The van der Waals surface area contributed by atoms with Crippen molar-refractivity contribution >= 4 is 27.2 Å². The molecule has 0 saturated carbocycles. The molecule has 0 spiro atoms. The molecule has 0 aromatic carbocycles. The predicted molar refractivity (Wildman–Crippen MR) is 69.8 cm³/mol. The highest BCUT2D eigenvalue weighted by atomic mass is 32.2. The van der Waals surface area contributed by atoms with E-state index in [1.807, 2.05) is 0 Å². The second-order valence-electron chi connectivity index (χ2n) is 3.55. The number of nitrogens with two attached hydrogens (primary N) is 1. The van der Waals surface area contributed by atoms with Gasteiger partial charge < -0.3 is 5.73 Å². The number of nitrogens with one attached hydrogen (secondary N) is 1. The van der Waals surface area contributed by atoms with Crippen LogP contribution in [0.3, 0.4) is 0 Å². The first-order valence-electron chi connectivity index (χ1n) is 5.13. The van der Waals surface area contributed by atoms with Gasteiger partial charge in [-0.15, -0.1) is 16.4 Å². The molecule has 3 N–H and O–H groups in total. The molecule has 0 fully saturated rings. The van der Waals surface area contributed by atoms with Gasteiger partial charge in [0.25, 0.3) is 10.0 Å². The highest BCUT2D eigenvalue weighted by molar-refractivity contribution is 7.93. The lowest BCUT2D eigenvalue weighted by molar-refractivity contribution is 0.600. The second kappa shape index (κ2) is 5.01. The fraction of sp³-hybridized carbons (Fsp3) is 0.200. The number of aryl methyl sites for hydroxylation is 1. The van der Waals surface area contributed by atoms with Crippen molar-refractivity contribution in [1.29, 1.82) is 0 Å². The van der Waals surface area contributed by atoms with Crippen LogP contribution in [0.4, 0.5) is 5.82 Å². The fourth-order valence-corrected chi connectivity index (χ4v) is 3.95. The van der Waals surface area contributed by atoms with E-state index in [1.165, 1.54) is 23.6 Å². The zero-order valence-corrected chi connectivity index (χ0v) is 11.3. The van der Waals surface area contributed by atoms with Crippen LogP contribution >= 0.6 is 11.3 Å². The van der Waals surface area contributed by atoms with Crippen LogP contribution in [0, 0.1) is 6.92 Å². The second-order valence-corrected chi connectivity index (χ2v) is 6.54. The molecule has 18 heavy (non-hydrogen) atoms. The summed E-state index contributed by atoms with van der Waals surface area (Å²) < 4.78 is 26.7. The molecule has 2 aromatic heterocycles. The Kier molecular flexibility index (Phi) is 3.60. The maximum atomic E-state index is 12.1. The minimum atomic E-state index is -3.63. The number of sulfonamides is 1. The molecule has 2 aromatic rings. The van der Waals surface area contributed by atoms with Gasteiger partial charge in [0.1, 0.15) is 4.90 Å². The van der Waals surface area contributed by atoms with E-state index in [9.17, 15) is 8.42 Å². The van der Waals surface area contributed by atoms with Crippen molar-refractivity contribution in [3.05, 3.63) is 34.2 Å². The maximum Gasteiger partial charge on any atom is 0.264 e. The number of nitrogens with zero attached hydrogens (tertiary/aromatic N) is 2. The third-order valence-electron chi connectivity index (χ3n) is 2.23. The Bertz CT molecular complexity index is 637. The van der Waals surface area contributed by atoms with E-state index in [0.29, 0.717) is 11.4 Å². The molecule has 0 radical (unpaired) electrons. The van der Waals surface area contributed by atoms with Crippen LogP contribution in [0.5, 0.6) is 0 Å².